The number of hydrogen-bond acceptors (Lipinski definition) is 2. The molecule has 0 spiro atoms. The van der Waals surface area contributed by atoms with Crippen LogP contribution in [0.2, 0.25) is 5.02 Å². The predicted octanol–water partition coefficient (Wildman–Crippen LogP) is 5.18. The van der Waals surface area contributed by atoms with Gasteiger partial charge in [-0.25, -0.2) is 8.42 Å². The molecule has 1 heterocycles. The van der Waals surface area contributed by atoms with Crippen LogP contribution >= 0.6 is 11.6 Å². The Morgan fingerprint density at radius 3 is 2.46 bits per heavy atom. The van der Waals surface area contributed by atoms with E-state index in [1.165, 1.54) is 0 Å². The minimum atomic E-state index is -3.59. The number of sulfonamides is 1. The lowest BCUT2D eigenvalue weighted by atomic mass is 10.2. The van der Waals surface area contributed by atoms with Gasteiger partial charge in [-0.2, -0.15) is 4.31 Å². The number of halogens is 1. The van der Waals surface area contributed by atoms with E-state index in [1.807, 2.05) is 62.5 Å². The number of rotatable bonds is 8. The van der Waals surface area contributed by atoms with Gasteiger partial charge in [-0.15, -0.1) is 0 Å². The van der Waals surface area contributed by atoms with Crippen molar-refractivity contribution in [3.05, 3.63) is 89.2 Å². The third kappa shape index (κ3) is 4.66. The van der Waals surface area contributed by atoms with Gasteiger partial charge in [0.15, 0.2) is 0 Å². The van der Waals surface area contributed by atoms with Crippen LogP contribution in [0.1, 0.15) is 31.5 Å². The van der Waals surface area contributed by atoms with Crippen molar-refractivity contribution in [1.29, 1.82) is 0 Å². The molecule has 2 aromatic carbocycles. The summed E-state index contributed by atoms with van der Waals surface area (Å²) in [4.78, 5) is 0.322. The highest BCUT2D eigenvalue weighted by Gasteiger charge is 2.29. The second kappa shape index (κ2) is 8.95. The Morgan fingerprint density at radius 2 is 1.79 bits per heavy atom. The molecule has 0 bridgehead atoms. The summed E-state index contributed by atoms with van der Waals surface area (Å²) in [7, 11) is -3.59. The fourth-order valence-corrected chi connectivity index (χ4v) is 5.06. The average Bonchev–Trinajstić information content (AvgIpc) is 3.13. The molecule has 3 aromatic rings. The summed E-state index contributed by atoms with van der Waals surface area (Å²) < 4.78 is 30.2. The maximum absolute atomic E-state index is 13.3. The Balaban J connectivity index is 1.90. The first-order valence-corrected chi connectivity index (χ1v) is 11.2. The molecule has 0 aliphatic rings. The van der Waals surface area contributed by atoms with Gasteiger partial charge in [0, 0.05) is 29.5 Å². The van der Waals surface area contributed by atoms with Gasteiger partial charge in [-0.1, -0.05) is 48.9 Å². The van der Waals surface area contributed by atoms with Crippen molar-refractivity contribution in [2.45, 2.75) is 44.3 Å². The SMILES string of the molecule is CC[C@@H](C)N(Cc1cccn1Cc1cccc(Cl)c1)S(=O)(=O)c1ccccc1. The van der Waals surface area contributed by atoms with Gasteiger partial charge in [0.1, 0.15) is 0 Å². The van der Waals surface area contributed by atoms with Gasteiger partial charge < -0.3 is 4.57 Å². The molecule has 0 N–H and O–H groups in total. The lowest BCUT2D eigenvalue weighted by Crippen LogP contribution is -2.38. The molecule has 0 saturated heterocycles. The van der Waals surface area contributed by atoms with Gasteiger partial charge in [-0.3, -0.25) is 0 Å². The molecular formula is C22H25ClN2O2S. The second-order valence-corrected chi connectivity index (χ2v) is 9.20. The van der Waals surface area contributed by atoms with Crippen LogP contribution in [0.25, 0.3) is 0 Å². The van der Waals surface area contributed by atoms with Gasteiger partial charge in [0.05, 0.1) is 11.4 Å². The predicted molar refractivity (Wildman–Crippen MR) is 114 cm³/mol. The van der Waals surface area contributed by atoms with E-state index in [0.29, 0.717) is 23.0 Å². The summed E-state index contributed by atoms with van der Waals surface area (Å²) in [6.07, 6.45) is 2.71. The third-order valence-electron chi connectivity index (χ3n) is 4.92. The van der Waals surface area contributed by atoms with E-state index in [4.69, 9.17) is 11.6 Å². The topological polar surface area (TPSA) is 42.3 Å². The number of nitrogens with zero attached hydrogens (tertiary/aromatic N) is 2. The standard InChI is InChI=1S/C22H25ClN2O2S/c1-3-18(2)25(28(26,27)22-12-5-4-6-13-22)17-21-11-8-14-24(21)16-19-9-7-10-20(23)15-19/h4-15,18H,3,16-17H2,1-2H3/t18-/m1/s1. The van der Waals surface area contributed by atoms with Crippen molar-refractivity contribution < 1.29 is 8.42 Å². The summed E-state index contributed by atoms with van der Waals surface area (Å²) in [6, 6.07) is 20.2. The normalized spacial score (nSPS) is 13.0. The van der Waals surface area contributed by atoms with E-state index in [2.05, 4.69) is 4.57 Å². The number of benzene rings is 2. The molecule has 0 radical (unpaired) electrons. The molecule has 3 rings (SSSR count). The van der Waals surface area contributed by atoms with E-state index in [1.54, 1.807) is 28.6 Å². The summed E-state index contributed by atoms with van der Waals surface area (Å²) >= 11 is 6.10. The van der Waals surface area contributed by atoms with Crippen LogP contribution in [0.4, 0.5) is 0 Å². The first-order valence-electron chi connectivity index (χ1n) is 9.37. The smallest absolute Gasteiger partial charge is 0.243 e. The van der Waals surface area contributed by atoms with E-state index in [0.717, 1.165) is 17.7 Å². The maximum Gasteiger partial charge on any atom is 0.243 e. The van der Waals surface area contributed by atoms with Gasteiger partial charge in [0.2, 0.25) is 10.0 Å². The van der Waals surface area contributed by atoms with Crippen LogP contribution in [0.3, 0.4) is 0 Å². The quantitative estimate of drug-likeness (QED) is 0.507. The number of hydrogen-bond donors (Lipinski definition) is 0. The van der Waals surface area contributed by atoms with Gasteiger partial charge in [0.25, 0.3) is 0 Å². The highest BCUT2D eigenvalue weighted by atomic mass is 35.5. The molecule has 4 nitrogen and oxygen atoms in total. The first kappa shape index (κ1) is 20.6. The van der Waals surface area contributed by atoms with Crippen LogP contribution in [0, 0.1) is 0 Å². The van der Waals surface area contributed by atoms with Crippen molar-refractivity contribution in [2.24, 2.45) is 0 Å². The summed E-state index contributed by atoms with van der Waals surface area (Å²) in [5.41, 5.74) is 2.02. The van der Waals surface area contributed by atoms with Crippen LogP contribution in [0.5, 0.6) is 0 Å². The van der Waals surface area contributed by atoms with E-state index >= 15 is 0 Å². The zero-order valence-corrected chi connectivity index (χ0v) is 17.7. The Morgan fingerprint density at radius 1 is 1.04 bits per heavy atom. The van der Waals surface area contributed by atoms with Gasteiger partial charge in [-0.05, 0) is 55.3 Å². The van der Waals surface area contributed by atoms with Crippen molar-refractivity contribution in [3.8, 4) is 0 Å². The van der Waals surface area contributed by atoms with Crippen LogP contribution in [-0.2, 0) is 23.1 Å². The second-order valence-electron chi connectivity index (χ2n) is 6.88. The third-order valence-corrected chi connectivity index (χ3v) is 7.12. The minimum absolute atomic E-state index is 0.111. The highest BCUT2D eigenvalue weighted by molar-refractivity contribution is 7.89. The largest absolute Gasteiger partial charge is 0.346 e. The van der Waals surface area contributed by atoms with E-state index in [-0.39, 0.29) is 6.04 Å². The molecule has 0 saturated carbocycles. The molecule has 0 aliphatic heterocycles. The zero-order valence-electron chi connectivity index (χ0n) is 16.1. The lowest BCUT2D eigenvalue weighted by Gasteiger charge is -2.28. The Hall–Kier alpha value is -2.08. The molecule has 1 aromatic heterocycles. The minimum Gasteiger partial charge on any atom is -0.346 e. The molecule has 1 atom stereocenters. The molecule has 148 valence electrons. The molecule has 6 heteroatoms. The molecule has 28 heavy (non-hydrogen) atoms. The fraction of sp³-hybridized carbons (Fsp3) is 0.273. The zero-order chi connectivity index (χ0) is 20.1. The lowest BCUT2D eigenvalue weighted by molar-refractivity contribution is 0.316. The monoisotopic (exact) mass is 416 g/mol. The fourth-order valence-electron chi connectivity index (χ4n) is 3.15. The summed E-state index contributed by atoms with van der Waals surface area (Å²) in [6.45, 7) is 4.91. The first-order chi connectivity index (χ1) is 13.4. The van der Waals surface area contributed by atoms with E-state index < -0.39 is 10.0 Å². The maximum atomic E-state index is 13.3. The Kier molecular flexibility index (Phi) is 6.60. The number of aromatic nitrogens is 1. The van der Waals surface area contributed by atoms with Crippen molar-refractivity contribution in [1.82, 2.24) is 8.87 Å². The summed E-state index contributed by atoms with van der Waals surface area (Å²) in [5, 5.41) is 0.694. The average molecular weight is 417 g/mol. The van der Waals surface area contributed by atoms with Crippen molar-refractivity contribution in [3.63, 3.8) is 0 Å². The van der Waals surface area contributed by atoms with E-state index in [9.17, 15) is 8.42 Å². The Labute approximate surface area is 172 Å². The Bertz CT molecular complexity index is 1020. The summed E-state index contributed by atoms with van der Waals surface area (Å²) in [5.74, 6) is 0. The van der Waals surface area contributed by atoms with Crippen LogP contribution in [-0.4, -0.2) is 23.3 Å². The molecule has 0 aliphatic carbocycles. The molecular weight excluding hydrogens is 392 g/mol. The molecule has 0 unspecified atom stereocenters. The van der Waals surface area contributed by atoms with Gasteiger partial charge >= 0.3 is 0 Å². The molecule has 0 amide bonds. The molecule has 0 fully saturated rings. The van der Waals surface area contributed by atoms with Crippen LogP contribution < -0.4 is 0 Å². The van der Waals surface area contributed by atoms with Crippen molar-refractivity contribution >= 4 is 21.6 Å². The van der Waals surface area contributed by atoms with Crippen molar-refractivity contribution in [2.75, 3.05) is 0 Å². The van der Waals surface area contributed by atoms with Crippen LogP contribution in [0.15, 0.2) is 77.8 Å². The highest BCUT2D eigenvalue weighted by Crippen LogP contribution is 2.23.